The van der Waals surface area contributed by atoms with Crippen LogP contribution in [-0.4, -0.2) is 23.2 Å². The lowest BCUT2D eigenvalue weighted by molar-refractivity contribution is 0.221. The Hall–Kier alpha value is -1.75. The van der Waals surface area contributed by atoms with Crippen LogP contribution < -0.4 is 5.32 Å². The van der Waals surface area contributed by atoms with Crippen molar-refractivity contribution in [1.82, 2.24) is 15.5 Å². The van der Waals surface area contributed by atoms with Crippen LogP contribution in [0.5, 0.6) is 0 Å². The van der Waals surface area contributed by atoms with Gasteiger partial charge in [0, 0.05) is 12.1 Å². The van der Waals surface area contributed by atoms with E-state index in [0.29, 0.717) is 17.3 Å². The molecule has 1 unspecified atom stereocenters. The molecule has 0 radical (unpaired) electrons. The molecule has 1 aliphatic heterocycles. The summed E-state index contributed by atoms with van der Waals surface area (Å²) in [4.78, 5) is 4.58. The van der Waals surface area contributed by atoms with Crippen molar-refractivity contribution in [1.29, 1.82) is 0 Å². The topological polar surface area (TPSA) is 51.0 Å². The maximum Gasteiger partial charge on any atom is 0.234 e. The van der Waals surface area contributed by atoms with E-state index in [9.17, 15) is 4.39 Å². The summed E-state index contributed by atoms with van der Waals surface area (Å²) in [6.45, 7) is 5.80. The first kappa shape index (κ1) is 14.2. The van der Waals surface area contributed by atoms with Crippen LogP contribution in [0.25, 0.3) is 11.4 Å². The van der Waals surface area contributed by atoms with Gasteiger partial charge in [-0.05, 0) is 56.5 Å². The molecule has 0 spiro atoms. The van der Waals surface area contributed by atoms with E-state index in [4.69, 9.17) is 4.52 Å². The molecule has 112 valence electrons. The van der Waals surface area contributed by atoms with E-state index in [1.165, 1.54) is 6.07 Å². The molecule has 0 amide bonds. The molecule has 2 heterocycles. The molecule has 1 aliphatic rings. The van der Waals surface area contributed by atoms with Gasteiger partial charge in [0.2, 0.25) is 11.7 Å². The van der Waals surface area contributed by atoms with Gasteiger partial charge in [0.15, 0.2) is 0 Å². The van der Waals surface area contributed by atoms with E-state index in [1.807, 2.05) is 0 Å². The molecule has 1 saturated heterocycles. The van der Waals surface area contributed by atoms with Crippen LogP contribution >= 0.6 is 0 Å². The fourth-order valence-electron chi connectivity index (χ4n) is 2.94. The molecule has 2 aromatic rings. The van der Waals surface area contributed by atoms with E-state index in [-0.39, 0.29) is 11.2 Å². The molecule has 0 aliphatic carbocycles. The van der Waals surface area contributed by atoms with E-state index >= 15 is 0 Å². The van der Waals surface area contributed by atoms with Crippen molar-refractivity contribution in [3.05, 3.63) is 35.5 Å². The van der Waals surface area contributed by atoms with Gasteiger partial charge in [0.1, 0.15) is 5.82 Å². The third kappa shape index (κ3) is 2.58. The van der Waals surface area contributed by atoms with Crippen molar-refractivity contribution >= 4 is 0 Å². The Labute approximate surface area is 123 Å². The van der Waals surface area contributed by atoms with Gasteiger partial charge in [-0.25, -0.2) is 4.39 Å². The van der Waals surface area contributed by atoms with E-state index < -0.39 is 0 Å². The lowest BCUT2D eigenvalue weighted by Crippen LogP contribution is -2.43. The van der Waals surface area contributed by atoms with Gasteiger partial charge in [-0.15, -0.1) is 0 Å². The Morgan fingerprint density at radius 1 is 1.43 bits per heavy atom. The summed E-state index contributed by atoms with van der Waals surface area (Å²) in [6, 6.07) is 4.88. The summed E-state index contributed by atoms with van der Waals surface area (Å²) in [5.74, 6) is 1.00. The number of nitrogens with one attached hydrogen (secondary N) is 1. The van der Waals surface area contributed by atoms with Crippen molar-refractivity contribution in [2.45, 2.75) is 38.5 Å². The molecular formula is C16H20FN3O. The van der Waals surface area contributed by atoms with Gasteiger partial charge in [0.05, 0.1) is 5.41 Å². The largest absolute Gasteiger partial charge is 0.338 e. The zero-order valence-electron chi connectivity index (χ0n) is 12.4. The van der Waals surface area contributed by atoms with Gasteiger partial charge >= 0.3 is 0 Å². The quantitative estimate of drug-likeness (QED) is 0.942. The van der Waals surface area contributed by atoms with E-state index in [0.717, 1.165) is 37.9 Å². The average Bonchev–Trinajstić information content (AvgIpc) is 3.01. The second-order valence-corrected chi connectivity index (χ2v) is 5.80. The first-order valence-corrected chi connectivity index (χ1v) is 7.46. The molecule has 3 rings (SSSR count). The summed E-state index contributed by atoms with van der Waals surface area (Å²) >= 11 is 0. The second kappa shape index (κ2) is 5.56. The van der Waals surface area contributed by atoms with Crippen molar-refractivity contribution in [2.75, 3.05) is 13.1 Å². The number of halogens is 1. The molecule has 0 bridgehead atoms. The fraction of sp³-hybridized carbons (Fsp3) is 0.500. The molecule has 5 heteroatoms. The highest BCUT2D eigenvalue weighted by molar-refractivity contribution is 5.55. The Kier molecular flexibility index (Phi) is 3.76. The minimum atomic E-state index is -0.219. The van der Waals surface area contributed by atoms with Crippen LogP contribution in [0.3, 0.4) is 0 Å². The molecular weight excluding hydrogens is 269 g/mol. The monoisotopic (exact) mass is 289 g/mol. The predicted molar refractivity (Wildman–Crippen MR) is 78.5 cm³/mol. The fourth-order valence-corrected chi connectivity index (χ4v) is 2.94. The summed E-state index contributed by atoms with van der Waals surface area (Å²) in [5, 5.41) is 7.50. The Morgan fingerprint density at radius 3 is 2.95 bits per heavy atom. The third-order valence-corrected chi connectivity index (χ3v) is 4.44. The molecule has 4 nitrogen and oxygen atoms in total. The highest BCUT2D eigenvalue weighted by Gasteiger charge is 2.37. The molecule has 1 aromatic heterocycles. The standard InChI is InChI=1S/C16H20FN3O/c1-3-16(7-4-8-18-10-16)15-19-14(20-21-15)12-5-6-13(17)11(2)9-12/h5-6,9,18H,3-4,7-8,10H2,1-2H3. The maximum absolute atomic E-state index is 13.4. The normalized spacial score (nSPS) is 22.4. The molecule has 1 atom stereocenters. The summed E-state index contributed by atoms with van der Waals surface area (Å²) in [6.07, 6.45) is 3.13. The van der Waals surface area contributed by atoms with Crippen molar-refractivity contribution in [3.8, 4) is 11.4 Å². The minimum Gasteiger partial charge on any atom is -0.338 e. The Bertz CT molecular complexity index is 632. The second-order valence-electron chi connectivity index (χ2n) is 5.80. The zero-order chi connectivity index (χ0) is 14.9. The molecule has 0 saturated carbocycles. The number of piperidine rings is 1. The SMILES string of the molecule is CCC1(c2nc(-c3ccc(F)c(C)c3)no2)CCCNC1. The van der Waals surface area contributed by atoms with E-state index in [1.54, 1.807) is 19.1 Å². The smallest absolute Gasteiger partial charge is 0.234 e. The first-order chi connectivity index (χ1) is 10.1. The lowest BCUT2D eigenvalue weighted by Gasteiger charge is -2.33. The summed E-state index contributed by atoms with van der Waals surface area (Å²) < 4.78 is 18.9. The highest BCUT2D eigenvalue weighted by Crippen LogP contribution is 2.34. The van der Waals surface area contributed by atoms with Crippen LogP contribution in [0, 0.1) is 12.7 Å². The number of aromatic nitrogens is 2. The van der Waals surface area contributed by atoms with Gasteiger partial charge in [-0.2, -0.15) is 4.98 Å². The van der Waals surface area contributed by atoms with Gasteiger partial charge < -0.3 is 9.84 Å². The van der Waals surface area contributed by atoms with Crippen LogP contribution in [-0.2, 0) is 5.41 Å². The molecule has 1 aromatic carbocycles. The number of hydrogen-bond acceptors (Lipinski definition) is 4. The summed E-state index contributed by atoms with van der Waals surface area (Å²) in [5.41, 5.74) is 1.31. The first-order valence-electron chi connectivity index (χ1n) is 7.46. The predicted octanol–water partition coefficient (Wildman–Crippen LogP) is 3.22. The number of aryl methyl sites for hydroxylation is 1. The number of nitrogens with zero attached hydrogens (tertiary/aromatic N) is 2. The van der Waals surface area contributed by atoms with Crippen molar-refractivity contribution in [2.24, 2.45) is 0 Å². The zero-order valence-corrected chi connectivity index (χ0v) is 12.4. The van der Waals surface area contributed by atoms with Gasteiger partial charge in [-0.3, -0.25) is 0 Å². The maximum atomic E-state index is 13.4. The molecule has 1 fully saturated rings. The summed E-state index contributed by atoms with van der Waals surface area (Å²) in [7, 11) is 0. The number of rotatable bonds is 3. The van der Waals surface area contributed by atoms with Crippen LogP contribution in [0.4, 0.5) is 4.39 Å². The Morgan fingerprint density at radius 2 is 2.29 bits per heavy atom. The van der Waals surface area contributed by atoms with Gasteiger partial charge in [-0.1, -0.05) is 12.1 Å². The minimum absolute atomic E-state index is 0.0709. The highest BCUT2D eigenvalue weighted by atomic mass is 19.1. The molecule has 1 N–H and O–H groups in total. The van der Waals surface area contributed by atoms with Crippen LogP contribution in [0.15, 0.2) is 22.7 Å². The number of benzene rings is 1. The van der Waals surface area contributed by atoms with E-state index in [2.05, 4.69) is 22.4 Å². The van der Waals surface area contributed by atoms with Crippen molar-refractivity contribution < 1.29 is 8.91 Å². The molecule has 21 heavy (non-hydrogen) atoms. The lowest BCUT2D eigenvalue weighted by atomic mass is 9.78. The Balaban J connectivity index is 1.93. The van der Waals surface area contributed by atoms with Crippen LogP contribution in [0.2, 0.25) is 0 Å². The third-order valence-electron chi connectivity index (χ3n) is 4.44. The van der Waals surface area contributed by atoms with Gasteiger partial charge in [0.25, 0.3) is 0 Å². The average molecular weight is 289 g/mol. The van der Waals surface area contributed by atoms with Crippen molar-refractivity contribution in [3.63, 3.8) is 0 Å². The number of hydrogen-bond donors (Lipinski definition) is 1. The van der Waals surface area contributed by atoms with Crippen LogP contribution in [0.1, 0.15) is 37.6 Å².